The molecule has 0 saturated carbocycles. The van der Waals surface area contributed by atoms with Crippen LogP contribution in [0.1, 0.15) is 25.3 Å². The normalized spacial score (nSPS) is 19.6. The lowest BCUT2D eigenvalue weighted by atomic mass is 9.92. The molecule has 0 saturated heterocycles. The lowest BCUT2D eigenvalue weighted by Crippen LogP contribution is -2.27. The van der Waals surface area contributed by atoms with Crippen LogP contribution in [0.15, 0.2) is 36.1 Å². The van der Waals surface area contributed by atoms with Gasteiger partial charge in [-0.3, -0.25) is 0 Å². The predicted octanol–water partition coefficient (Wildman–Crippen LogP) is 3.24. The van der Waals surface area contributed by atoms with E-state index in [0.29, 0.717) is 17.4 Å². The zero-order chi connectivity index (χ0) is 11.6. The van der Waals surface area contributed by atoms with Gasteiger partial charge in [0, 0.05) is 5.02 Å². The Morgan fingerprint density at radius 1 is 1.31 bits per heavy atom. The summed E-state index contributed by atoms with van der Waals surface area (Å²) >= 11 is 5.82. The molecule has 1 aromatic carbocycles. The van der Waals surface area contributed by atoms with Crippen molar-refractivity contribution in [1.29, 1.82) is 0 Å². The number of allylic oxidation sites excluding steroid dienone is 1. The van der Waals surface area contributed by atoms with Gasteiger partial charge in [0.05, 0.1) is 6.61 Å². The molecule has 1 atom stereocenters. The number of hydrogen-bond donors (Lipinski definition) is 1. The first-order valence-corrected chi connectivity index (χ1v) is 5.80. The van der Waals surface area contributed by atoms with Crippen LogP contribution in [0, 0.1) is 0 Å². The number of halogens is 1. The van der Waals surface area contributed by atoms with Gasteiger partial charge in [-0.2, -0.15) is 0 Å². The van der Waals surface area contributed by atoms with E-state index in [1.54, 1.807) is 19.1 Å². The second kappa shape index (κ2) is 4.48. The molecule has 2 nitrogen and oxygen atoms in total. The van der Waals surface area contributed by atoms with Crippen LogP contribution < -0.4 is 0 Å². The first-order chi connectivity index (χ1) is 7.60. The van der Waals surface area contributed by atoms with E-state index in [1.165, 1.54) is 0 Å². The minimum absolute atomic E-state index is 0.640. The van der Waals surface area contributed by atoms with E-state index < -0.39 is 5.60 Å². The van der Waals surface area contributed by atoms with Gasteiger partial charge in [0.2, 0.25) is 0 Å². The van der Waals surface area contributed by atoms with Crippen molar-refractivity contribution >= 4 is 11.6 Å². The molecule has 1 aliphatic heterocycles. The quantitative estimate of drug-likeness (QED) is 0.857. The smallest absolute Gasteiger partial charge is 0.143 e. The third-order valence-corrected chi connectivity index (χ3v) is 3.07. The molecule has 1 heterocycles. The fourth-order valence-corrected chi connectivity index (χ4v) is 1.94. The highest BCUT2D eigenvalue weighted by molar-refractivity contribution is 6.30. The molecule has 0 radical (unpaired) electrons. The van der Waals surface area contributed by atoms with Crippen molar-refractivity contribution in [1.82, 2.24) is 0 Å². The summed E-state index contributed by atoms with van der Waals surface area (Å²) in [5, 5.41) is 11.1. The highest BCUT2D eigenvalue weighted by Crippen LogP contribution is 2.32. The summed E-state index contributed by atoms with van der Waals surface area (Å²) in [6.07, 6.45) is 3.93. The summed E-state index contributed by atoms with van der Waals surface area (Å²) < 4.78 is 5.51. The van der Waals surface area contributed by atoms with Crippen LogP contribution in [0.5, 0.6) is 0 Å². The van der Waals surface area contributed by atoms with Gasteiger partial charge in [-0.25, -0.2) is 0 Å². The molecule has 1 unspecified atom stereocenters. The Hall–Kier alpha value is -0.990. The lowest BCUT2D eigenvalue weighted by molar-refractivity contribution is 0.0150. The molecule has 1 aliphatic rings. The lowest BCUT2D eigenvalue weighted by Gasteiger charge is -2.29. The largest absolute Gasteiger partial charge is 0.495 e. The van der Waals surface area contributed by atoms with Crippen LogP contribution in [-0.4, -0.2) is 11.7 Å². The Kier molecular flexibility index (Phi) is 3.22. The Labute approximate surface area is 101 Å². The number of aliphatic hydroxyl groups is 1. The summed E-state index contributed by atoms with van der Waals surface area (Å²) in [6, 6.07) is 7.19. The molecule has 0 bridgehead atoms. The molecule has 0 amide bonds. The summed E-state index contributed by atoms with van der Waals surface area (Å²) in [6.45, 7) is 2.42. The second-order valence-electron chi connectivity index (χ2n) is 4.14. The van der Waals surface area contributed by atoms with Crippen LogP contribution in [0.3, 0.4) is 0 Å². The number of ether oxygens (including phenoxy) is 1. The summed E-state index contributed by atoms with van der Waals surface area (Å²) in [4.78, 5) is 0. The average Bonchev–Trinajstić information content (AvgIpc) is 2.31. The number of hydrogen-bond acceptors (Lipinski definition) is 2. The molecule has 0 fully saturated rings. The number of rotatable bonds is 2. The van der Waals surface area contributed by atoms with Crippen molar-refractivity contribution < 1.29 is 9.84 Å². The minimum Gasteiger partial charge on any atom is -0.495 e. The monoisotopic (exact) mass is 238 g/mol. The molecule has 0 aromatic heterocycles. The van der Waals surface area contributed by atoms with Gasteiger partial charge in [0.15, 0.2) is 0 Å². The first kappa shape index (κ1) is 11.5. The fraction of sp³-hybridized carbons (Fsp3) is 0.385. The van der Waals surface area contributed by atoms with E-state index >= 15 is 0 Å². The van der Waals surface area contributed by atoms with E-state index in [4.69, 9.17) is 16.3 Å². The Morgan fingerprint density at radius 3 is 2.56 bits per heavy atom. The molecular weight excluding hydrogens is 224 g/mol. The van der Waals surface area contributed by atoms with E-state index in [1.807, 2.05) is 18.2 Å². The van der Waals surface area contributed by atoms with Gasteiger partial charge < -0.3 is 9.84 Å². The highest BCUT2D eigenvalue weighted by Gasteiger charge is 2.30. The van der Waals surface area contributed by atoms with Crippen molar-refractivity contribution in [2.45, 2.75) is 25.4 Å². The summed E-state index contributed by atoms with van der Waals surface area (Å²) in [5.41, 5.74) is -0.268. The second-order valence-corrected chi connectivity index (χ2v) is 4.57. The highest BCUT2D eigenvalue weighted by atomic mass is 35.5. The maximum atomic E-state index is 10.5. The molecule has 1 aromatic rings. The SMILES string of the molecule is CC(O)(C1=CCCCO1)c1ccc(Cl)cc1. The maximum Gasteiger partial charge on any atom is 0.143 e. The molecule has 0 spiro atoms. The van der Waals surface area contributed by atoms with E-state index in [9.17, 15) is 5.11 Å². The van der Waals surface area contributed by atoms with Crippen molar-refractivity contribution in [3.8, 4) is 0 Å². The zero-order valence-corrected chi connectivity index (χ0v) is 10.00. The third-order valence-electron chi connectivity index (χ3n) is 2.82. The van der Waals surface area contributed by atoms with Crippen molar-refractivity contribution in [2.24, 2.45) is 0 Å². The first-order valence-electron chi connectivity index (χ1n) is 5.42. The molecular formula is C13H15ClO2. The van der Waals surface area contributed by atoms with Crippen molar-refractivity contribution in [2.75, 3.05) is 6.61 Å². The molecule has 3 heteroatoms. The predicted molar refractivity (Wildman–Crippen MR) is 64.3 cm³/mol. The maximum absolute atomic E-state index is 10.5. The van der Waals surface area contributed by atoms with Crippen LogP contribution >= 0.6 is 11.6 Å². The fourth-order valence-electron chi connectivity index (χ4n) is 1.81. The topological polar surface area (TPSA) is 29.5 Å². The summed E-state index contributed by atoms with van der Waals surface area (Å²) in [7, 11) is 0. The van der Waals surface area contributed by atoms with Gasteiger partial charge in [0.25, 0.3) is 0 Å². The Bertz CT molecular complexity index is 393. The van der Waals surface area contributed by atoms with E-state index in [0.717, 1.165) is 18.4 Å². The Balaban J connectivity index is 2.30. The molecule has 86 valence electrons. The van der Waals surface area contributed by atoms with Crippen molar-refractivity contribution in [3.63, 3.8) is 0 Å². The van der Waals surface area contributed by atoms with Gasteiger partial charge in [-0.15, -0.1) is 0 Å². The van der Waals surface area contributed by atoms with Gasteiger partial charge in [0.1, 0.15) is 11.4 Å². The molecule has 2 rings (SSSR count). The zero-order valence-electron chi connectivity index (χ0n) is 9.24. The molecule has 1 N–H and O–H groups in total. The van der Waals surface area contributed by atoms with Crippen LogP contribution in [-0.2, 0) is 10.3 Å². The van der Waals surface area contributed by atoms with Crippen LogP contribution in [0.25, 0.3) is 0 Å². The third kappa shape index (κ3) is 2.23. The standard InChI is InChI=1S/C13H15ClO2/c1-13(15,12-4-2-3-9-16-12)10-5-7-11(14)8-6-10/h4-8,15H,2-3,9H2,1H3. The average molecular weight is 239 g/mol. The van der Waals surface area contributed by atoms with Crippen LogP contribution in [0.2, 0.25) is 5.02 Å². The van der Waals surface area contributed by atoms with E-state index in [-0.39, 0.29) is 0 Å². The Morgan fingerprint density at radius 2 is 2.00 bits per heavy atom. The molecule has 16 heavy (non-hydrogen) atoms. The molecule has 0 aliphatic carbocycles. The van der Waals surface area contributed by atoms with Crippen molar-refractivity contribution in [3.05, 3.63) is 46.7 Å². The van der Waals surface area contributed by atoms with Crippen LogP contribution in [0.4, 0.5) is 0 Å². The minimum atomic E-state index is -1.06. The van der Waals surface area contributed by atoms with E-state index in [2.05, 4.69) is 0 Å². The van der Waals surface area contributed by atoms with Gasteiger partial charge >= 0.3 is 0 Å². The van der Waals surface area contributed by atoms with Gasteiger partial charge in [-0.1, -0.05) is 23.7 Å². The van der Waals surface area contributed by atoms with Gasteiger partial charge in [-0.05, 0) is 43.5 Å². The summed E-state index contributed by atoms with van der Waals surface area (Å²) in [5.74, 6) is 0.640. The number of benzene rings is 1.